The number of carboxylic acid groups (broad SMARTS) is 1. The van der Waals surface area contributed by atoms with Crippen LogP contribution >= 0.6 is 12.4 Å². The van der Waals surface area contributed by atoms with E-state index in [1.807, 2.05) is 6.92 Å². The number of aromatic nitrogens is 2. The molecule has 0 saturated heterocycles. The van der Waals surface area contributed by atoms with Crippen LogP contribution in [0.25, 0.3) is 0 Å². The molecule has 1 aromatic heterocycles. The largest absolute Gasteiger partial charge is 0.476 e. The second-order valence-corrected chi connectivity index (χ2v) is 5.74. The van der Waals surface area contributed by atoms with Gasteiger partial charge in [0.15, 0.2) is 5.69 Å². The molecule has 0 bridgehead atoms. The fourth-order valence-corrected chi connectivity index (χ4v) is 3.04. The molecule has 1 aliphatic rings. The van der Waals surface area contributed by atoms with Gasteiger partial charge in [0.2, 0.25) is 0 Å². The fraction of sp³-hybridized carbons (Fsp3) is 0.333. The van der Waals surface area contributed by atoms with Crippen LogP contribution < -0.4 is 5.32 Å². The number of aromatic carboxylic acids is 1. The van der Waals surface area contributed by atoms with Crippen molar-refractivity contribution < 1.29 is 19.2 Å². The molecule has 2 heterocycles. The smallest absolute Gasteiger partial charge is 0.356 e. The lowest BCUT2D eigenvalue weighted by Gasteiger charge is -2.22. The quantitative estimate of drug-likeness (QED) is 0.631. The van der Waals surface area contributed by atoms with Gasteiger partial charge in [0, 0.05) is 30.3 Å². The van der Waals surface area contributed by atoms with Gasteiger partial charge in [0.25, 0.3) is 5.69 Å². The van der Waals surface area contributed by atoms with E-state index < -0.39 is 16.7 Å². The van der Waals surface area contributed by atoms with Gasteiger partial charge in [0.05, 0.1) is 23.1 Å². The first-order valence-electron chi connectivity index (χ1n) is 7.35. The topological polar surface area (TPSA) is 110 Å². The second kappa shape index (κ2) is 7.16. The summed E-state index contributed by atoms with van der Waals surface area (Å²) in [5.74, 6) is -1.83. The maximum absolute atomic E-state index is 13.3. The number of fused-ring (bicyclic) bond motifs is 1. The number of nitro benzene ring substituents is 1. The third kappa shape index (κ3) is 3.47. The molecular weight excluding hydrogens is 355 g/mol. The van der Waals surface area contributed by atoms with Gasteiger partial charge in [-0.05, 0) is 12.1 Å². The van der Waals surface area contributed by atoms with Gasteiger partial charge in [0.1, 0.15) is 5.82 Å². The third-order valence-corrected chi connectivity index (χ3v) is 4.08. The summed E-state index contributed by atoms with van der Waals surface area (Å²) >= 11 is 0. The molecule has 1 unspecified atom stereocenters. The van der Waals surface area contributed by atoms with Gasteiger partial charge in [-0.3, -0.25) is 14.8 Å². The van der Waals surface area contributed by atoms with Crippen LogP contribution in [0.3, 0.4) is 0 Å². The number of carbonyl (C=O) groups is 1. The normalized spacial score (nSPS) is 16.0. The van der Waals surface area contributed by atoms with Gasteiger partial charge in [-0.1, -0.05) is 6.92 Å². The molecular formula is C15H16ClFN4O4. The van der Waals surface area contributed by atoms with Crippen LogP contribution in [0.15, 0.2) is 18.2 Å². The van der Waals surface area contributed by atoms with Crippen LogP contribution in [0.1, 0.15) is 40.2 Å². The summed E-state index contributed by atoms with van der Waals surface area (Å²) in [6.07, 6.45) is 0. The number of halogens is 2. The van der Waals surface area contributed by atoms with Crippen LogP contribution in [0.5, 0.6) is 0 Å². The number of benzene rings is 1. The van der Waals surface area contributed by atoms with Crippen molar-refractivity contribution in [3.05, 3.63) is 56.6 Å². The highest BCUT2D eigenvalue weighted by Crippen LogP contribution is 2.29. The molecule has 25 heavy (non-hydrogen) atoms. The highest BCUT2D eigenvalue weighted by Gasteiger charge is 2.29. The lowest BCUT2D eigenvalue weighted by atomic mass is 9.97. The first kappa shape index (κ1) is 18.8. The summed E-state index contributed by atoms with van der Waals surface area (Å²) in [5, 5.41) is 27.7. The van der Waals surface area contributed by atoms with Crippen LogP contribution in [-0.2, 0) is 13.1 Å². The first-order chi connectivity index (χ1) is 11.4. The van der Waals surface area contributed by atoms with Crippen molar-refractivity contribution in [2.45, 2.75) is 25.9 Å². The van der Waals surface area contributed by atoms with E-state index in [0.29, 0.717) is 18.7 Å². The number of hydrogen-bond donors (Lipinski definition) is 2. The van der Waals surface area contributed by atoms with Crippen molar-refractivity contribution in [1.82, 2.24) is 15.1 Å². The average molecular weight is 371 g/mol. The second-order valence-electron chi connectivity index (χ2n) is 5.74. The Bertz CT molecular complexity index is 839. The molecule has 0 saturated carbocycles. The van der Waals surface area contributed by atoms with Crippen molar-refractivity contribution >= 4 is 24.1 Å². The molecule has 2 aromatic rings. The lowest BCUT2D eigenvalue weighted by molar-refractivity contribution is -0.385. The molecule has 8 nitrogen and oxygen atoms in total. The minimum Gasteiger partial charge on any atom is -0.476 e. The van der Waals surface area contributed by atoms with Crippen LogP contribution in [0, 0.1) is 15.9 Å². The van der Waals surface area contributed by atoms with E-state index in [1.54, 1.807) is 0 Å². The van der Waals surface area contributed by atoms with Crippen molar-refractivity contribution in [3.63, 3.8) is 0 Å². The minimum atomic E-state index is -1.14. The van der Waals surface area contributed by atoms with E-state index in [0.717, 1.165) is 17.8 Å². The van der Waals surface area contributed by atoms with Gasteiger partial charge in [-0.2, -0.15) is 5.10 Å². The first-order valence-corrected chi connectivity index (χ1v) is 7.35. The molecule has 0 spiro atoms. The molecule has 2 N–H and O–H groups in total. The Hall–Kier alpha value is -2.52. The zero-order valence-corrected chi connectivity index (χ0v) is 14.0. The number of nitro groups is 1. The van der Waals surface area contributed by atoms with E-state index in [1.165, 1.54) is 10.7 Å². The standard InChI is InChI=1S/C15H15FN4O4.ClH/c1-8-5-17-6-11-13(15(21)22)18-19(14(8)11)7-9-2-3-10(16)4-12(9)20(23)24;/h2-4,8,17H,5-7H2,1H3,(H,21,22);1H. The average Bonchev–Trinajstić information content (AvgIpc) is 2.89. The molecule has 3 rings (SSSR count). The Labute approximate surface area is 148 Å². The summed E-state index contributed by atoms with van der Waals surface area (Å²) in [5.41, 5.74) is 1.19. The highest BCUT2D eigenvalue weighted by molar-refractivity contribution is 5.87. The summed E-state index contributed by atoms with van der Waals surface area (Å²) in [7, 11) is 0. The summed E-state index contributed by atoms with van der Waals surface area (Å²) in [6, 6.07) is 3.32. The van der Waals surface area contributed by atoms with Crippen LogP contribution in [0.4, 0.5) is 10.1 Å². The van der Waals surface area contributed by atoms with Gasteiger partial charge in [-0.15, -0.1) is 12.4 Å². The number of hydrogen-bond acceptors (Lipinski definition) is 5. The maximum Gasteiger partial charge on any atom is 0.356 e. The number of carboxylic acids is 1. The molecule has 1 aromatic carbocycles. The number of nitrogens with zero attached hydrogens (tertiary/aromatic N) is 3. The summed E-state index contributed by atoms with van der Waals surface area (Å²) in [4.78, 5) is 21.9. The minimum absolute atomic E-state index is 0. The van der Waals surface area contributed by atoms with Gasteiger partial charge >= 0.3 is 5.97 Å². The zero-order valence-electron chi connectivity index (χ0n) is 13.2. The molecule has 0 radical (unpaired) electrons. The van der Waals surface area contributed by atoms with Crippen molar-refractivity contribution in [3.8, 4) is 0 Å². The maximum atomic E-state index is 13.3. The van der Waals surface area contributed by atoms with Crippen molar-refractivity contribution in [2.75, 3.05) is 6.54 Å². The van der Waals surface area contributed by atoms with E-state index in [-0.39, 0.29) is 41.8 Å². The zero-order chi connectivity index (χ0) is 17.4. The Morgan fingerprint density at radius 1 is 1.56 bits per heavy atom. The van der Waals surface area contributed by atoms with E-state index in [2.05, 4.69) is 10.4 Å². The molecule has 1 aliphatic heterocycles. The molecule has 0 fully saturated rings. The Kier molecular flexibility index (Phi) is 5.39. The highest BCUT2D eigenvalue weighted by atomic mass is 35.5. The number of nitrogens with one attached hydrogen (secondary N) is 1. The van der Waals surface area contributed by atoms with Crippen LogP contribution in [0.2, 0.25) is 0 Å². The van der Waals surface area contributed by atoms with E-state index in [9.17, 15) is 24.4 Å². The fourth-order valence-electron chi connectivity index (χ4n) is 3.04. The molecule has 134 valence electrons. The number of rotatable bonds is 4. The molecule has 0 aliphatic carbocycles. The van der Waals surface area contributed by atoms with E-state index >= 15 is 0 Å². The monoisotopic (exact) mass is 370 g/mol. The summed E-state index contributed by atoms with van der Waals surface area (Å²) in [6.45, 7) is 2.97. The Morgan fingerprint density at radius 2 is 2.28 bits per heavy atom. The molecule has 1 atom stereocenters. The molecule has 10 heteroatoms. The Balaban J connectivity index is 0.00000225. The van der Waals surface area contributed by atoms with Crippen molar-refractivity contribution in [1.29, 1.82) is 0 Å². The molecule has 0 amide bonds. The summed E-state index contributed by atoms with van der Waals surface area (Å²) < 4.78 is 14.8. The third-order valence-electron chi connectivity index (χ3n) is 4.08. The van der Waals surface area contributed by atoms with Gasteiger partial charge < -0.3 is 10.4 Å². The Morgan fingerprint density at radius 3 is 2.92 bits per heavy atom. The van der Waals surface area contributed by atoms with Crippen molar-refractivity contribution in [2.24, 2.45) is 0 Å². The van der Waals surface area contributed by atoms with Gasteiger partial charge in [-0.25, -0.2) is 9.18 Å². The van der Waals surface area contributed by atoms with Crippen LogP contribution in [-0.4, -0.2) is 32.3 Å². The predicted molar refractivity (Wildman–Crippen MR) is 88.7 cm³/mol. The SMILES string of the molecule is CC1CNCc2c(C(=O)O)nn(Cc3ccc(F)cc3[N+](=O)[O-])c21.Cl. The van der Waals surface area contributed by atoms with E-state index in [4.69, 9.17) is 0 Å². The predicted octanol–water partition coefficient (Wildman–Crippen LogP) is 2.31. The lowest BCUT2D eigenvalue weighted by Crippen LogP contribution is -2.28.